The van der Waals surface area contributed by atoms with E-state index in [1.807, 2.05) is 12.1 Å². The van der Waals surface area contributed by atoms with Crippen LogP contribution in [0, 0.1) is 0 Å². The summed E-state index contributed by atoms with van der Waals surface area (Å²) in [6, 6.07) is 10.2. The van der Waals surface area contributed by atoms with Crippen molar-refractivity contribution in [1.29, 1.82) is 0 Å². The summed E-state index contributed by atoms with van der Waals surface area (Å²) in [7, 11) is 0. The number of ether oxygens (including phenoxy) is 1. The van der Waals surface area contributed by atoms with Gasteiger partial charge in [0.05, 0.1) is 24.2 Å². The summed E-state index contributed by atoms with van der Waals surface area (Å²) in [6.45, 7) is 3.25. The molecule has 2 aliphatic rings. The molecule has 0 bridgehead atoms. The van der Waals surface area contributed by atoms with E-state index in [0.29, 0.717) is 30.5 Å². The van der Waals surface area contributed by atoms with Gasteiger partial charge in [0.25, 0.3) is 5.56 Å². The predicted molar refractivity (Wildman–Crippen MR) is 94.9 cm³/mol. The van der Waals surface area contributed by atoms with Crippen molar-refractivity contribution < 1.29 is 9.26 Å². The number of rotatable bonds is 2. The number of aromatic nitrogens is 3. The van der Waals surface area contributed by atoms with Crippen LogP contribution in [0.15, 0.2) is 39.6 Å². The SMILES string of the molecule is CC1(c2nc(-c3cc4c([nH]c3=O)CCOC4)no2)CCc2ccccc21. The summed E-state index contributed by atoms with van der Waals surface area (Å²) in [5, 5.41) is 4.11. The Kier molecular flexibility index (Phi) is 3.37. The lowest BCUT2D eigenvalue weighted by molar-refractivity contribution is 0.109. The van der Waals surface area contributed by atoms with E-state index >= 15 is 0 Å². The summed E-state index contributed by atoms with van der Waals surface area (Å²) < 4.78 is 11.1. The molecule has 1 N–H and O–H groups in total. The van der Waals surface area contributed by atoms with E-state index < -0.39 is 0 Å². The van der Waals surface area contributed by atoms with Gasteiger partial charge in [0.2, 0.25) is 11.7 Å². The van der Waals surface area contributed by atoms with Crippen LogP contribution in [0.25, 0.3) is 11.4 Å². The van der Waals surface area contributed by atoms with Crippen LogP contribution in [-0.4, -0.2) is 21.7 Å². The van der Waals surface area contributed by atoms with E-state index in [2.05, 4.69) is 40.2 Å². The van der Waals surface area contributed by atoms with E-state index in [4.69, 9.17) is 9.26 Å². The average molecular weight is 349 g/mol. The Morgan fingerprint density at radius 2 is 2.08 bits per heavy atom. The highest BCUT2D eigenvalue weighted by Crippen LogP contribution is 2.43. The fourth-order valence-corrected chi connectivity index (χ4v) is 4.06. The first kappa shape index (κ1) is 15.5. The van der Waals surface area contributed by atoms with Crippen molar-refractivity contribution in [3.05, 3.63) is 69.0 Å². The lowest BCUT2D eigenvalue weighted by atomic mass is 9.84. The third-order valence-electron chi connectivity index (χ3n) is 5.61. The molecule has 3 heterocycles. The molecular formula is C20H19N3O3. The number of nitrogens with zero attached hydrogens (tertiary/aromatic N) is 2. The molecule has 0 fully saturated rings. The Hall–Kier alpha value is -2.73. The second-order valence-corrected chi connectivity index (χ2v) is 7.23. The molecular weight excluding hydrogens is 330 g/mol. The van der Waals surface area contributed by atoms with Gasteiger partial charge in [-0.05, 0) is 42.5 Å². The highest BCUT2D eigenvalue weighted by Gasteiger charge is 2.40. The molecule has 1 aliphatic carbocycles. The van der Waals surface area contributed by atoms with Crippen molar-refractivity contribution in [2.45, 2.75) is 38.2 Å². The lowest BCUT2D eigenvalue weighted by Crippen LogP contribution is -2.21. The molecule has 0 amide bonds. The van der Waals surface area contributed by atoms with Crippen LogP contribution in [-0.2, 0) is 29.6 Å². The third-order valence-corrected chi connectivity index (χ3v) is 5.61. The maximum absolute atomic E-state index is 12.5. The molecule has 1 unspecified atom stereocenters. The van der Waals surface area contributed by atoms with Crippen molar-refractivity contribution in [2.24, 2.45) is 0 Å². The Bertz CT molecular complexity index is 1050. The first-order valence-electron chi connectivity index (χ1n) is 8.91. The van der Waals surface area contributed by atoms with Crippen LogP contribution in [0.4, 0.5) is 0 Å². The normalized spacial score (nSPS) is 21.4. The summed E-state index contributed by atoms with van der Waals surface area (Å²) in [6.07, 6.45) is 2.63. The topological polar surface area (TPSA) is 81.0 Å². The van der Waals surface area contributed by atoms with Gasteiger partial charge in [-0.1, -0.05) is 29.4 Å². The number of nitrogens with one attached hydrogen (secondary N) is 1. The first-order valence-corrected chi connectivity index (χ1v) is 8.91. The quantitative estimate of drug-likeness (QED) is 0.769. The maximum atomic E-state index is 12.5. The van der Waals surface area contributed by atoms with Crippen LogP contribution >= 0.6 is 0 Å². The number of hydrogen-bond acceptors (Lipinski definition) is 5. The van der Waals surface area contributed by atoms with Gasteiger partial charge in [0.15, 0.2) is 0 Å². The molecule has 26 heavy (non-hydrogen) atoms. The zero-order chi connectivity index (χ0) is 17.7. The number of aromatic amines is 1. The van der Waals surface area contributed by atoms with E-state index in [9.17, 15) is 4.79 Å². The summed E-state index contributed by atoms with van der Waals surface area (Å²) in [5.74, 6) is 0.894. The van der Waals surface area contributed by atoms with Gasteiger partial charge in [-0.25, -0.2) is 0 Å². The van der Waals surface area contributed by atoms with Gasteiger partial charge in [0.1, 0.15) is 0 Å². The van der Waals surface area contributed by atoms with E-state index in [1.165, 1.54) is 11.1 Å². The Balaban J connectivity index is 1.57. The number of hydrogen-bond donors (Lipinski definition) is 1. The van der Waals surface area contributed by atoms with E-state index in [0.717, 1.165) is 30.5 Å². The van der Waals surface area contributed by atoms with Gasteiger partial charge >= 0.3 is 0 Å². The zero-order valence-electron chi connectivity index (χ0n) is 14.5. The summed E-state index contributed by atoms with van der Waals surface area (Å²) in [5.41, 5.74) is 4.39. The molecule has 1 aromatic carbocycles. The van der Waals surface area contributed by atoms with Crippen LogP contribution in [0.3, 0.4) is 0 Å². The highest BCUT2D eigenvalue weighted by molar-refractivity contribution is 5.55. The fourth-order valence-electron chi connectivity index (χ4n) is 4.06. The molecule has 0 saturated heterocycles. The van der Waals surface area contributed by atoms with E-state index in [1.54, 1.807) is 0 Å². The highest BCUT2D eigenvalue weighted by atomic mass is 16.5. The summed E-state index contributed by atoms with van der Waals surface area (Å²) >= 11 is 0. The molecule has 1 aliphatic heterocycles. The lowest BCUT2D eigenvalue weighted by Gasteiger charge is -2.20. The molecule has 132 valence electrons. The van der Waals surface area contributed by atoms with Crippen molar-refractivity contribution in [2.75, 3.05) is 6.61 Å². The molecule has 0 saturated carbocycles. The monoisotopic (exact) mass is 349 g/mol. The molecule has 3 aromatic rings. The molecule has 2 aromatic heterocycles. The van der Waals surface area contributed by atoms with Gasteiger partial charge in [-0.2, -0.15) is 4.98 Å². The molecule has 1 atom stereocenters. The zero-order valence-corrected chi connectivity index (χ0v) is 14.5. The minimum absolute atomic E-state index is 0.185. The first-order chi connectivity index (χ1) is 12.6. The Morgan fingerprint density at radius 3 is 3.00 bits per heavy atom. The van der Waals surface area contributed by atoms with Gasteiger partial charge < -0.3 is 14.2 Å². The average Bonchev–Trinajstić information content (AvgIpc) is 3.28. The molecule has 5 rings (SSSR count). The molecule has 0 spiro atoms. The van der Waals surface area contributed by atoms with Gasteiger partial charge in [-0.15, -0.1) is 0 Å². The minimum atomic E-state index is -0.314. The van der Waals surface area contributed by atoms with E-state index in [-0.39, 0.29) is 11.0 Å². The maximum Gasteiger partial charge on any atom is 0.259 e. The number of H-pyrrole nitrogens is 1. The number of aryl methyl sites for hydroxylation is 1. The minimum Gasteiger partial charge on any atom is -0.376 e. The smallest absolute Gasteiger partial charge is 0.259 e. The van der Waals surface area contributed by atoms with Crippen molar-refractivity contribution >= 4 is 0 Å². The van der Waals surface area contributed by atoms with Gasteiger partial charge in [0, 0.05) is 12.1 Å². The molecule has 6 heteroatoms. The standard InChI is InChI=1S/C20H19N3O3/c1-20(8-6-12-4-2-3-5-15(12)20)19-22-17(23-26-19)14-10-13-11-25-9-7-16(13)21-18(14)24/h2-5,10H,6-9,11H2,1H3,(H,21,24). The second-order valence-electron chi connectivity index (χ2n) is 7.23. The predicted octanol–water partition coefficient (Wildman–Crippen LogP) is 2.75. The van der Waals surface area contributed by atoms with Crippen LogP contribution in [0.2, 0.25) is 0 Å². The second kappa shape index (κ2) is 5.64. The largest absolute Gasteiger partial charge is 0.376 e. The van der Waals surface area contributed by atoms with Gasteiger partial charge in [-0.3, -0.25) is 4.79 Å². The summed E-state index contributed by atoms with van der Waals surface area (Å²) in [4.78, 5) is 20.0. The van der Waals surface area contributed by atoms with Crippen LogP contribution < -0.4 is 5.56 Å². The number of pyridine rings is 1. The number of fused-ring (bicyclic) bond motifs is 2. The molecule has 6 nitrogen and oxygen atoms in total. The Morgan fingerprint density at radius 1 is 1.19 bits per heavy atom. The van der Waals surface area contributed by atoms with Crippen LogP contribution in [0.5, 0.6) is 0 Å². The third kappa shape index (κ3) is 2.25. The van der Waals surface area contributed by atoms with Crippen molar-refractivity contribution in [3.63, 3.8) is 0 Å². The van der Waals surface area contributed by atoms with Crippen molar-refractivity contribution in [3.8, 4) is 11.4 Å². The van der Waals surface area contributed by atoms with Crippen LogP contribution in [0.1, 0.15) is 41.6 Å². The van der Waals surface area contributed by atoms with Crippen molar-refractivity contribution in [1.82, 2.24) is 15.1 Å². The fraction of sp³-hybridized carbons (Fsp3) is 0.350. The molecule has 0 radical (unpaired) electrons. The number of benzene rings is 1. The Labute approximate surface area is 150 Å².